The first-order chi connectivity index (χ1) is 9.06. The fourth-order valence-electron chi connectivity index (χ4n) is 1.89. The van der Waals surface area contributed by atoms with Crippen molar-refractivity contribution >= 4 is 5.69 Å². The molecule has 4 nitrogen and oxygen atoms in total. The highest BCUT2D eigenvalue weighted by Crippen LogP contribution is 2.11. The Hall–Kier alpha value is -1.84. The maximum absolute atomic E-state index is 4.57. The number of aryl methyl sites for hydroxylation is 2. The van der Waals surface area contributed by atoms with Gasteiger partial charge in [-0.3, -0.25) is 4.68 Å². The summed E-state index contributed by atoms with van der Waals surface area (Å²) < 4.78 is 1.88. The third-order valence-corrected chi connectivity index (χ3v) is 3.12. The maximum Gasteiger partial charge on any atom is 0.153 e. The largest absolute Gasteiger partial charge is 0.385 e. The van der Waals surface area contributed by atoms with Gasteiger partial charge in [0.05, 0.1) is 0 Å². The van der Waals surface area contributed by atoms with Crippen molar-refractivity contribution in [2.45, 2.75) is 33.1 Å². The number of hydrogen-bond donors (Lipinski definition) is 1. The van der Waals surface area contributed by atoms with Crippen molar-refractivity contribution in [2.75, 3.05) is 11.9 Å². The molecule has 0 amide bonds. The molecule has 0 atom stereocenters. The van der Waals surface area contributed by atoms with E-state index in [4.69, 9.17) is 0 Å². The van der Waals surface area contributed by atoms with Crippen LogP contribution in [-0.4, -0.2) is 21.3 Å². The lowest BCUT2D eigenvalue weighted by molar-refractivity contribution is 0.681. The van der Waals surface area contributed by atoms with Gasteiger partial charge in [0, 0.05) is 31.6 Å². The predicted octanol–water partition coefficient (Wildman–Crippen LogP) is 2.90. The number of anilines is 1. The quantitative estimate of drug-likeness (QED) is 0.896. The molecule has 0 saturated carbocycles. The van der Waals surface area contributed by atoms with Gasteiger partial charge in [0.25, 0.3) is 0 Å². The lowest BCUT2D eigenvalue weighted by Gasteiger charge is -2.06. The van der Waals surface area contributed by atoms with E-state index in [-0.39, 0.29) is 0 Å². The van der Waals surface area contributed by atoms with Gasteiger partial charge < -0.3 is 5.32 Å². The first kappa shape index (κ1) is 13.6. The van der Waals surface area contributed by atoms with Gasteiger partial charge in [-0.25, -0.2) is 4.98 Å². The van der Waals surface area contributed by atoms with E-state index in [2.05, 4.69) is 60.4 Å². The molecule has 0 fully saturated rings. The van der Waals surface area contributed by atoms with Crippen molar-refractivity contribution in [3.63, 3.8) is 0 Å². The van der Waals surface area contributed by atoms with Crippen molar-refractivity contribution in [2.24, 2.45) is 7.05 Å². The Morgan fingerprint density at radius 3 is 2.47 bits per heavy atom. The van der Waals surface area contributed by atoms with E-state index in [0.717, 1.165) is 30.3 Å². The monoisotopic (exact) mass is 258 g/mol. The summed E-state index contributed by atoms with van der Waals surface area (Å²) in [6.45, 7) is 7.19. The van der Waals surface area contributed by atoms with Crippen LogP contribution in [0.15, 0.2) is 24.3 Å². The zero-order valence-corrected chi connectivity index (χ0v) is 12.1. The Morgan fingerprint density at radius 2 is 1.89 bits per heavy atom. The Bertz CT molecular complexity index is 526. The Morgan fingerprint density at radius 1 is 1.21 bits per heavy atom. The molecule has 102 valence electrons. The van der Waals surface area contributed by atoms with Gasteiger partial charge in [-0.1, -0.05) is 31.5 Å². The molecule has 0 aliphatic rings. The molecule has 19 heavy (non-hydrogen) atoms. The van der Waals surface area contributed by atoms with E-state index < -0.39 is 0 Å². The fourth-order valence-corrected chi connectivity index (χ4v) is 1.89. The van der Waals surface area contributed by atoms with Crippen molar-refractivity contribution in [3.05, 3.63) is 41.5 Å². The smallest absolute Gasteiger partial charge is 0.153 e. The van der Waals surface area contributed by atoms with Crippen LogP contribution in [0.1, 0.15) is 37.0 Å². The highest BCUT2D eigenvalue weighted by molar-refractivity contribution is 5.44. The second kappa shape index (κ2) is 5.87. The molecule has 0 aliphatic heterocycles. The maximum atomic E-state index is 4.57. The van der Waals surface area contributed by atoms with Crippen LogP contribution >= 0.6 is 0 Å². The molecule has 1 aromatic carbocycles. The molecule has 4 heteroatoms. The second-order valence-corrected chi connectivity index (χ2v) is 5.21. The van der Waals surface area contributed by atoms with Crippen LogP contribution in [0.3, 0.4) is 0 Å². The molecule has 0 aliphatic carbocycles. The molecular weight excluding hydrogens is 236 g/mol. The van der Waals surface area contributed by atoms with E-state index >= 15 is 0 Å². The molecule has 2 aromatic rings. The third-order valence-electron chi connectivity index (χ3n) is 3.12. The number of benzene rings is 1. The average molecular weight is 258 g/mol. The second-order valence-electron chi connectivity index (χ2n) is 5.21. The highest BCUT2D eigenvalue weighted by Gasteiger charge is 2.09. The molecule has 1 aromatic heterocycles. The van der Waals surface area contributed by atoms with E-state index in [9.17, 15) is 0 Å². The summed E-state index contributed by atoms with van der Waals surface area (Å²) in [5, 5.41) is 7.83. The van der Waals surface area contributed by atoms with Gasteiger partial charge in [0.15, 0.2) is 5.82 Å². The predicted molar refractivity (Wildman–Crippen MR) is 78.5 cm³/mol. The summed E-state index contributed by atoms with van der Waals surface area (Å²) in [4.78, 5) is 4.57. The van der Waals surface area contributed by atoms with Crippen molar-refractivity contribution < 1.29 is 0 Å². The van der Waals surface area contributed by atoms with Gasteiger partial charge in [-0.15, -0.1) is 0 Å². The molecule has 2 rings (SSSR count). The molecule has 0 unspecified atom stereocenters. The van der Waals surface area contributed by atoms with Crippen LogP contribution in [0.2, 0.25) is 0 Å². The summed E-state index contributed by atoms with van der Waals surface area (Å²) in [6, 6.07) is 8.43. The molecule has 0 bridgehead atoms. The SMILES string of the molecule is Cc1ccc(NCCc2nc(C(C)C)nn2C)cc1. The zero-order chi connectivity index (χ0) is 13.8. The summed E-state index contributed by atoms with van der Waals surface area (Å²) >= 11 is 0. The lowest BCUT2D eigenvalue weighted by atomic mass is 10.2. The van der Waals surface area contributed by atoms with Gasteiger partial charge in [-0.2, -0.15) is 5.10 Å². The van der Waals surface area contributed by atoms with Crippen LogP contribution < -0.4 is 5.32 Å². The molecule has 0 saturated heterocycles. The first-order valence-corrected chi connectivity index (χ1v) is 6.76. The van der Waals surface area contributed by atoms with Crippen LogP contribution in [0.5, 0.6) is 0 Å². The molecule has 1 heterocycles. The van der Waals surface area contributed by atoms with Gasteiger partial charge >= 0.3 is 0 Å². The van der Waals surface area contributed by atoms with Gasteiger partial charge in [0.1, 0.15) is 5.82 Å². The average Bonchev–Trinajstić information content (AvgIpc) is 2.74. The summed E-state index contributed by atoms with van der Waals surface area (Å²) in [5.41, 5.74) is 2.43. The highest BCUT2D eigenvalue weighted by atomic mass is 15.3. The van der Waals surface area contributed by atoms with Gasteiger partial charge in [-0.05, 0) is 19.1 Å². The minimum Gasteiger partial charge on any atom is -0.385 e. The molecule has 0 spiro atoms. The number of nitrogens with one attached hydrogen (secondary N) is 1. The lowest BCUT2D eigenvalue weighted by Crippen LogP contribution is -2.09. The fraction of sp³-hybridized carbons (Fsp3) is 0.467. The Balaban J connectivity index is 1.90. The Kier molecular flexibility index (Phi) is 4.20. The van der Waals surface area contributed by atoms with Crippen LogP contribution in [0.25, 0.3) is 0 Å². The number of hydrogen-bond acceptors (Lipinski definition) is 3. The summed E-state index contributed by atoms with van der Waals surface area (Å²) in [6.07, 6.45) is 0.879. The number of rotatable bonds is 5. The number of aromatic nitrogens is 3. The van der Waals surface area contributed by atoms with E-state index in [0.29, 0.717) is 5.92 Å². The van der Waals surface area contributed by atoms with Crippen LogP contribution in [-0.2, 0) is 13.5 Å². The van der Waals surface area contributed by atoms with E-state index in [1.807, 2.05) is 11.7 Å². The third kappa shape index (κ3) is 3.56. The van der Waals surface area contributed by atoms with E-state index in [1.165, 1.54) is 5.56 Å². The molecule has 1 N–H and O–H groups in total. The molecule has 0 radical (unpaired) electrons. The minimum atomic E-state index is 0.380. The normalized spacial score (nSPS) is 11.0. The zero-order valence-electron chi connectivity index (χ0n) is 12.1. The van der Waals surface area contributed by atoms with Crippen molar-refractivity contribution in [1.29, 1.82) is 0 Å². The van der Waals surface area contributed by atoms with Crippen LogP contribution in [0.4, 0.5) is 5.69 Å². The minimum absolute atomic E-state index is 0.380. The number of nitrogens with zero attached hydrogens (tertiary/aromatic N) is 3. The summed E-state index contributed by atoms with van der Waals surface area (Å²) in [7, 11) is 1.96. The topological polar surface area (TPSA) is 42.7 Å². The van der Waals surface area contributed by atoms with Crippen LogP contribution in [0, 0.1) is 6.92 Å². The Labute approximate surface area is 114 Å². The van der Waals surface area contributed by atoms with Crippen molar-refractivity contribution in [3.8, 4) is 0 Å². The standard InChI is InChI=1S/C15H22N4/c1-11(2)15-17-14(19(4)18-15)9-10-16-13-7-5-12(3)6-8-13/h5-8,11,16H,9-10H2,1-4H3. The summed E-state index contributed by atoms with van der Waals surface area (Å²) in [5.74, 6) is 2.33. The van der Waals surface area contributed by atoms with Gasteiger partial charge in [0.2, 0.25) is 0 Å². The van der Waals surface area contributed by atoms with E-state index in [1.54, 1.807) is 0 Å². The first-order valence-electron chi connectivity index (χ1n) is 6.76. The molecular formula is C15H22N4. The van der Waals surface area contributed by atoms with Crippen molar-refractivity contribution in [1.82, 2.24) is 14.8 Å².